The quantitative estimate of drug-likeness (QED) is 0.485. The van der Waals surface area contributed by atoms with E-state index in [-0.39, 0.29) is 5.91 Å². The minimum atomic E-state index is -0.195. The van der Waals surface area contributed by atoms with Gasteiger partial charge in [0.15, 0.2) is 5.17 Å². The normalized spacial score (nSPS) is 16.6. The summed E-state index contributed by atoms with van der Waals surface area (Å²) in [4.78, 5) is 17.4. The second-order valence-electron chi connectivity index (χ2n) is 6.63. The summed E-state index contributed by atoms with van der Waals surface area (Å²) in [7, 11) is 0. The van der Waals surface area contributed by atoms with Gasteiger partial charge in [-0.25, -0.2) is 4.99 Å². The summed E-state index contributed by atoms with van der Waals surface area (Å²) < 4.78 is 2.05. The summed E-state index contributed by atoms with van der Waals surface area (Å²) in [5.74, 6) is -0.195. The lowest BCUT2D eigenvalue weighted by molar-refractivity contribution is -0.115. The summed E-state index contributed by atoms with van der Waals surface area (Å²) in [5.41, 5.74) is 4.94. The molecule has 1 aromatic heterocycles. The molecule has 2 aromatic carbocycles. The van der Waals surface area contributed by atoms with Crippen molar-refractivity contribution < 1.29 is 4.79 Å². The van der Waals surface area contributed by atoms with Gasteiger partial charge in [0.05, 0.1) is 20.6 Å². The number of carbonyl (C=O) groups is 1. The summed E-state index contributed by atoms with van der Waals surface area (Å²) in [6, 6.07) is 15.4. The molecule has 1 amide bonds. The molecule has 1 saturated heterocycles. The molecule has 146 valence electrons. The number of amidine groups is 1. The zero-order valence-electron chi connectivity index (χ0n) is 15.7. The van der Waals surface area contributed by atoms with Crippen LogP contribution in [0.15, 0.2) is 64.6 Å². The van der Waals surface area contributed by atoms with Crippen molar-refractivity contribution in [1.29, 1.82) is 0 Å². The SMILES string of the molecule is Cc1ccc(-n2cccc2/C=C2/SC(=Nc3cccc(Cl)c3Cl)NC2=O)cc1C. The van der Waals surface area contributed by atoms with Crippen molar-refractivity contribution in [1.82, 2.24) is 9.88 Å². The average Bonchev–Trinajstić information content (AvgIpc) is 3.28. The maximum Gasteiger partial charge on any atom is 0.264 e. The van der Waals surface area contributed by atoms with Gasteiger partial charge < -0.3 is 9.88 Å². The minimum absolute atomic E-state index is 0.195. The first-order valence-corrected chi connectivity index (χ1v) is 10.5. The highest BCUT2D eigenvalue weighted by Crippen LogP contribution is 2.34. The van der Waals surface area contributed by atoms with Gasteiger partial charge >= 0.3 is 0 Å². The van der Waals surface area contributed by atoms with Gasteiger partial charge in [0.25, 0.3) is 5.91 Å². The predicted molar refractivity (Wildman–Crippen MR) is 123 cm³/mol. The molecule has 7 heteroatoms. The van der Waals surface area contributed by atoms with Crippen LogP contribution < -0.4 is 5.32 Å². The molecule has 4 nitrogen and oxygen atoms in total. The number of halogens is 2. The molecule has 1 aliphatic rings. The minimum Gasteiger partial charge on any atom is -0.317 e. The molecule has 0 saturated carbocycles. The molecule has 3 aromatic rings. The molecule has 4 rings (SSSR count). The lowest BCUT2D eigenvalue weighted by atomic mass is 10.1. The van der Waals surface area contributed by atoms with Gasteiger partial charge in [0, 0.05) is 17.6 Å². The Morgan fingerprint density at radius 1 is 1.07 bits per heavy atom. The van der Waals surface area contributed by atoms with E-state index in [4.69, 9.17) is 23.2 Å². The topological polar surface area (TPSA) is 46.4 Å². The Morgan fingerprint density at radius 2 is 1.90 bits per heavy atom. The zero-order chi connectivity index (χ0) is 20.5. The Balaban J connectivity index is 1.64. The Labute approximate surface area is 183 Å². The Kier molecular flexibility index (Phi) is 5.54. The van der Waals surface area contributed by atoms with Crippen LogP contribution in [-0.2, 0) is 4.79 Å². The van der Waals surface area contributed by atoms with E-state index in [1.54, 1.807) is 18.2 Å². The molecule has 0 atom stereocenters. The molecular formula is C22H17Cl2N3OS. The lowest BCUT2D eigenvalue weighted by Crippen LogP contribution is -2.19. The molecule has 0 spiro atoms. The van der Waals surface area contributed by atoms with E-state index < -0.39 is 0 Å². The van der Waals surface area contributed by atoms with E-state index in [2.05, 4.69) is 46.9 Å². The fourth-order valence-corrected chi connectivity index (χ4v) is 4.08. The van der Waals surface area contributed by atoms with Crippen molar-refractivity contribution >= 4 is 57.8 Å². The molecule has 29 heavy (non-hydrogen) atoms. The van der Waals surface area contributed by atoms with Gasteiger partial charge in [-0.2, -0.15) is 0 Å². The third kappa shape index (κ3) is 4.13. The van der Waals surface area contributed by atoms with Crippen LogP contribution in [0, 0.1) is 13.8 Å². The standard InChI is InChI=1S/C22H17Cl2N3OS/c1-13-8-9-16(11-14(13)2)27-10-4-5-15(27)12-19-21(28)26-22(29-19)25-18-7-3-6-17(23)20(18)24/h3-12H,1-2H3,(H,25,26,28)/b19-12+. The maximum atomic E-state index is 12.5. The van der Waals surface area contributed by atoms with Crippen LogP contribution in [0.3, 0.4) is 0 Å². The second kappa shape index (κ2) is 8.11. The van der Waals surface area contributed by atoms with Crippen LogP contribution in [0.25, 0.3) is 11.8 Å². The number of hydrogen-bond donors (Lipinski definition) is 1. The number of aryl methyl sites for hydroxylation is 2. The molecule has 2 heterocycles. The number of hydrogen-bond acceptors (Lipinski definition) is 3. The number of nitrogens with zero attached hydrogens (tertiary/aromatic N) is 2. The number of aromatic nitrogens is 1. The summed E-state index contributed by atoms with van der Waals surface area (Å²) >= 11 is 13.5. The highest BCUT2D eigenvalue weighted by atomic mass is 35.5. The van der Waals surface area contributed by atoms with Crippen molar-refractivity contribution in [2.75, 3.05) is 0 Å². The number of rotatable bonds is 3. The first kappa shape index (κ1) is 19.8. The summed E-state index contributed by atoms with van der Waals surface area (Å²) in [5, 5.41) is 4.03. The highest BCUT2D eigenvalue weighted by Gasteiger charge is 2.24. The number of nitrogens with one attached hydrogen (secondary N) is 1. The van der Waals surface area contributed by atoms with Gasteiger partial charge in [-0.15, -0.1) is 0 Å². The van der Waals surface area contributed by atoms with Gasteiger partial charge in [-0.1, -0.05) is 35.3 Å². The van der Waals surface area contributed by atoms with E-state index in [1.165, 1.54) is 22.9 Å². The molecular weight excluding hydrogens is 425 g/mol. The lowest BCUT2D eigenvalue weighted by Gasteiger charge is -2.09. The van der Waals surface area contributed by atoms with Crippen LogP contribution in [-0.4, -0.2) is 15.6 Å². The highest BCUT2D eigenvalue weighted by molar-refractivity contribution is 8.18. The number of aliphatic imine (C=N–C) groups is 1. The molecule has 0 radical (unpaired) electrons. The molecule has 1 fully saturated rings. The number of benzene rings is 2. The van der Waals surface area contributed by atoms with Crippen LogP contribution in [0.4, 0.5) is 5.69 Å². The molecule has 1 aliphatic heterocycles. The molecule has 0 unspecified atom stereocenters. The van der Waals surface area contributed by atoms with Gasteiger partial charge in [0.2, 0.25) is 0 Å². The molecule has 0 aliphatic carbocycles. The predicted octanol–water partition coefficient (Wildman–Crippen LogP) is 6.29. The number of thioether (sulfide) groups is 1. The third-order valence-corrected chi connectivity index (χ3v) is 6.35. The number of carbonyl (C=O) groups excluding carboxylic acids is 1. The Bertz CT molecular complexity index is 1180. The molecule has 0 bridgehead atoms. The smallest absolute Gasteiger partial charge is 0.264 e. The average molecular weight is 442 g/mol. The van der Waals surface area contributed by atoms with Crippen molar-refractivity contribution in [3.63, 3.8) is 0 Å². The first-order chi connectivity index (χ1) is 13.9. The monoisotopic (exact) mass is 441 g/mol. The van der Waals surface area contributed by atoms with Gasteiger partial charge in [-0.3, -0.25) is 4.79 Å². The van der Waals surface area contributed by atoms with Gasteiger partial charge in [0.1, 0.15) is 0 Å². The third-order valence-electron chi connectivity index (χ3n) is 4.63. The van der Waals surface area contributed by atoms with Crippen molar-refractivity contribution in [2.45, 2.75) is 13.8 Å². The fraction of sp³-hybridized carbons (Fsp3) is 0.0909. The molecule has 1 N–H and O–H groups in total. The second-order valence-corrected chi connectivity index (χ2v) is 8.44. The van der Waals surface area contributed by atoms with E-state index in [0.29, 0.717) is 25.8 Å². The van der Waals surface area contributed by atoms with E-state index in [0.717, 1.165) is 11.4 Å². The van der Waals surface area contributed by atoms with Crippen molar-refractivity contribution in [3.05, 3.63) is 86.5 Å². The zero-order valence-corrected chi connectivity index (χ0v) is 18.1. The van der Waals surface area contributed by atoms with Crippen LogP contribution >= 0.6 is 35.0 Å². The summed E-state index contributed by atoms with van der Waals surface area (Å²) in [6.07, 6.45) is 3.84. The summed E-state index contributed by atoms with van der Waals surface area (Å²) in [6.45, 7) is 4.18. The van der Waals surface area contributed by atoms with Crippen molar-refractivity contribution in [2.24, 2.45) is 4.99 Å². The Hall–Kier alpha value is -2.47. The maximum absolute atomic E-state index is 12.5. The fourth-order valence-electron chi connectivity index (χ4n) is 2.93. The van der Waals surface area contributed by atoms with Crippen LogP contribution in [0.1, 0.15) is 16.8 Å². The van der Waals surface area contributed by atoms with E-state index >= 15 is 0 Å². The number of amides is 1. The van der Waals surface area contributed by atoms with E-state index in [1.807, 2.05) is 24.4 Å². The first-order valence-electron chi connectivity index (χ1n) is 8.91. The Morgan fingerprint density at radius 3 is 2.69 bits per heavy atom. The van der Waals surface area contributed by atoms with Crippen molar-refractivity contribution in [3.8, 4) is 5.69 Å². The van der Waals surface area contributed by atoms with Crippen LogP contribution in [0.5, 0.6) is 0 Å². The van der Waals surface area contributed by atoms with Crippen LogP contribution in [0.2, 0.25) is 10.0 Å². The van der Waals surface area contributed by atoms with Gasteiger partial charge in [-0.05, 0) is 79.2 Å². The van der Waals surface area contributed by atoms with E-state index in [9.17, 15) is 4.79 Å². The largest absolute Gasteiger partial charge is 0.317 e.